The predicted octanol–water partition coefficient (Wildman–Crippen LogP) is 3.40. The highest BCUT2D eigenvalue weighted by molar-refractivity contribution is 5.81. The number of unbranched alkanes of at least 4 members (excludes halogenated alkanes) is 5. The molecule has 0 saturated carbocycles. The standard InChI is InChI=1S/C15H29NO2/c1-5-6-7-8-9-10-11-12-15(17)18-14(2)13-16(3)4/h11-12,14H,5-10,13H2,1-4H3/b12-11+. The lowest BCUT2D eigenvalue weighted by Crippen LogP contribution is -2.27. The highest BCUT2D eigenvalue weighted by atomic mass is 16.5. The Hall–Kier alpha value is -0.830. The van der Waals surface area contributed by atoms with Gasteiger partial charge in [0.25, 0.3) is 0 Å². The van der Waals surface area contributed by atoms with Gasteiger partial charge in [0.2, 0.25) is 0 Å². The largest absolute Gasteiger partial charge is 0.458 e. The SMILES string of the molecule is CCCCCCC/C=C/C(=O)OC(C)CN(C)C. The molecule has 0 rings (SSSR count). The Bertz CT molecular complexity index is 237. The van der Waals surface area contributed by atoms with E-state index in [9.17, 15) is 4.79 Å². The van der Waals surface area contributed by atoms with E-state index in [-0.39, 0.29) is 12.1 Å². The van der Waals surface area contributed by atoms with Crippen LogP contribution in [0.1, 0.15) is 52.4 Å². The molecule has 0 saturated heterocycles. The number of ether oxygens (including phenoxy) is 1. The summed E-state index contributed by atoms with van der Waals surface area (Å²) in [5.74, 6) is -0.224. The van der Waals surface area contributed by atoms with Crippen molar-refractivity contribution < 1.29 is 9.53 Å². The molecular formula is C15H29NO2. The zero-order valence-corrected chi connectivity index (χ0v) is 12.4. The van der Waals surface area contributed by atoms with Crippen LogP contribution in [-0.2, 0) is 9.53 Å². The summed E-state index contributed by atoms with van der Waals surface area (Å²) in [7, 11) is 3.94. The number of carbonyl (C=O) groups is 1. The highest BCUT2D eigenvalue weighted by Crippen LogP contribution is 2.05. The molecule has 0 bridgehead atoms. The van der Waals surface area contributed by atoms with E-state index in [0.29, 0.717) is 0 Å². The van der Waals surface area contributed by atoms with Gasteiger partial charge in [0.15, 0.2) is 0 Å². The minimum atomic E-state index is -0.224. The number of likely N-dealkylation sites (N-methyl/N-ethyl adjacent to an activating group) is 1. The lowest BCUT2D eigenvalue weighted by Gasteiger charge is -2.16. The minimum absolute atomic E-state index is 0.0540. The zero-order valence-electron chi connectivity index (χ0n) is 12.4. The van der Waals surface area contributed by atoms with Gasteiger partial charge in [-0.05, 0) is 33.9 Å². The van der Waals surface area contributed by atoms with E-state index in [0.717, 1.165) is 19.4 Å². The predicted molar refractivity (Wildman–Crippen MR) is 76.6 cm³/mol. The maximum atomic E-state index is 11.4. The maximum Gasteiger partial charge on any atom is 0.330 e. The highest BCUT2D eigenvalue weighted by Gasteiger charge is 2.07. The first kappa shape index (κ1) is 17.2. The van der Waals surface area contributed by atoms with Gasteiger partial charge in [-0.2, -0.15) is 0 Å². The molecule has 0 aromatic rings. The van der Waals surface area contributed by atoms with Crippen LogP contribution in [0.5, 0.6) is 0 Å². The molecule has 0 N–H and O–H groups in total. The molecule has 1 atom stereocenters. The number of carbonyl (C=O) groups excluding carboxylic acids is 1. The van der Waals surface area contributed by atoms with Gasteiger partial charge in [-0.15, -0.1) is 0 Å². The first-order valence-electron chi connectivity index (χ1n) is 7.08. The van der Waals surface area contributed by atoms with E-state index < -0.39 is 0 Å². The molecule has 0 aromatic heterocycles. The Morgan fingerprint density at radius 3 is 2.50 bits per heavy atom. The van der Waals surface area contributed by atoms with E-state index in [1.54, 1.807) is 6.08 Å². The van der Waals surface area contributed by atoms with Crippen LogP contribution in [0.3, 0.4) is 0 Å². The summed E-state index contributed by atoms with van der Waals surface area (Å²) in [4.78, 5) is 13.5. The number of hydrogen-bond acceptors (Lipinski definition) is 3. The van der Waals surface area contributed by atoms with Crippen molar-refractivity contribution in [2.24, 2.45) is 0 Å². The molecule has 0 fully saturated rings. The average molecular weight is 255 g/mol. The fourth-order valence-corrected chi connectivity index (χ4v) is 1.83. The molecule has 0 aromatic carbocycles. The summed E-state index contributed by atoms with van der Waals surface area (Å²) in [6, 6.07) is 0. The van der Waals surface area contributed by atoms with E-state index in [1.165, 1.54) is 25.7 Å². The summed E-state index contributed by atoms with van der Waals surface area (Å²) in [5.41, 5.74) is 0. The van der Waals surface area contributed by atoms with Gasteiger partial charge in [-0.1, -0.05) is 38.7 Å². The van der Waals surface area contributed by atoms with Crippen molar-refractivity contribution in [1.29, 1.82) is 0 Å². The summed E-state index contributed by atoms with van der Waals surface area (Å²) < 4.78 is 5.24. The quantitative estimate of drug-likeness (QED) is 0.340. The second-order valence-electron chi connectivity index (χ2n) is 5.12. The number of nitrogens with zero attached hydrogens (tertiary/aromatic N) is 1. The molecule has 0 spiro atoms. The summed E-state index contributed by atoms with van der Waals surface area (Å²) in [6.07, 6.45) is 10.7. The molecule has 106 valence electrons. The summed E-state index contributed by atoms with van der Waals surface area (Å²) in [6.45, 7) is 4.89. The normalized spacial score (nSPS) is 13.2. The van der Waals surface area contributed by atoms with Crippen LogP contribution in [-0.4, -0.2) is 37.6 Å². The van der Waals surface area contributed by atoms with Crippen LogP contribution < -0.4 is 0 Å². The van der Waals surface area contributed by atoms with Gasteiger partial charge in [-0.25, -0.2) is 4.79 Å². The monoisotopic (exact) mass is 255 g/mol. The van der Waals surface area contributed by atoms with Crippen molar-refractivity contribution in [3.63, 3.8) is 0 Å². The van der Waals surface area contributed by atoms with Crippen LogP contribution >= 0.6 is 0 Å². The Balaban J connectivity index is 3.55. The van der Waals surface area contributed by atoms with Crippen molar-refractivity contribution in [2.45, 2.75) is 58.5 Å². The third-order valence-corrected chi connectivity index (χ3v) is 2.67. The summed E-state index contributed by atoms with van der Waals surface area (Å²) in [5, 5.41) is 0. The Morgan fingerprint density at radius 2 is 1.89 bits per heavy atom. The molecule has 3 nitrogen and oxygen atoms in total. The summed E-state index contributed by atoms with van der Waals surface area (Å²) >= 11 is 0. The zero-order chi connectivity index (χ0) is 13.8. The molecular weight excluding hydrogens is 226 g/mol. The number of rotatable bonds is 10. The fraction of sp³-hybridized carbons (Fsp3) is 0.800. The van der Waals surface area contributed by atoms with Gasteiger partial charge in [0.05, 0.1) is 0 Å². The van der Waals surface area contributed by atoms with Crippen molar-refractivity contribution in [3.05, 3.63) is 12.2 Å². The van der Waals surface area contributed by atoms with Crippen LogP contribution in [0.2, 0.25) is 0 Å². The van der Waals surface area contributed by atoms with E-state index in [1.807, 2.05) is 32.0 Å². The average Bonchev–Trinajstić information content (AvgIpc) is 2.26. The molecule has 0 aliphatic carbocycles. The van der Waals surface area contributed by atoms with Crippen LogP contribution in [0, 0.1) is 0 Å². The molecule has 0 radical (unpaired) electrons. The molecule has 0 heterocycles. The molecule has 0 aliphatic rings. The molecule has 0 amide bonds. The third-order valence-electron chi connectivity index (χ3n) is 2.67. The molecule has 3 heteroatoms. The van der Waals surface area contributed by atoms with Crippen LogP contribution in [0.15, 0.2) is 12.2 Å². The number of esters is 1. The molecule has 18 heavy (non-hydrogen) atoms. The van der Waals surface area contributed by atoms with Gasteiger partial charge < -0.3 is 9.64 Å². The van der Waals surface area contributed by atoms with Crippen molar-refractivity contribution in [3.8, 4) is 0 Å². The lowest BCUT2D eigenvalue weighted by atomic mass is 10.1. The Kier molecular flexibility index (Phi) is 10.8. The molecule has 1 unspecified atom stereocenters. The first-order valence-corrected chi connectivity index (χ1v) is 7.08. The van der Waals surface area contributed by atoms with Gasteiger partial charge >= 0.3 is 5.97 Å². The van der Waals surface area contributed by atoms with Gasteiger partial charge in [-0.3, -0.25) is 0 Å². The van der Waals surface area contributed by atoms with Crippen molar-refractivity contribution in [1.82, 2.24) is 4.90 Å². The lowest BCUT2D eigenvalue weighted by molar-refractivity contribution is -0.142. The van der Waals surface area contributed by atoms with Crippen LogP contribution in [0.25, 0.3) is 0 Å². The fourth-order valence-electron chi connectivity index (χ4n) is 1.83. The topological polar surface area (TPSA) is 29.5 Å². The smallest absolute Gasteiger partial charge is 0.330 e. The number of hydrogen-bond donors (Lipinski definition) is 0. The van der Waals surface area contributed by atoms with E-state index in [2.05, 4.69) is 6.92 Å². The Labute approximate surface area is 112 Å². The van der Waals surface area contributed by atoms with E-state index in [4.69, 9.17) is 4.74 Å². The van der Waals surface area contributed by atoms with Crippen molar-refractivity contribution >= 4 is 5.97 Å². The minimum Gasteiger partial charge on any atom is -0.458 e. The first-order chi connectivity index (χ1) is 8.56. The third kappa shape index (κ3) is 11.6. The van der Waals surface area contributed by atoms with Gasteiger partial charge in [0.1, 0.15) is 6.10 Å². The second kappa shape index (κ2) is 11.3. The number of allylic oxidation sites excluding steroid dienone is 1. The van der Waals surface area contributed by atoms with Gasteiger partial charge in [0, 0.05) is 12.6 Å². The maximum absolute atomic E-state index is 11.4. The van der Waals surface area contributed by atoms with Crippen LogP contribution in [0.4, 0.5) is 0 Å². The Morgan fingerprint density at radius 1 is 1.22 bits per heavy atom. The van der Waals surface area contributed by atoms with Crippen molar-refractivity contribution in [2.75, 3.05) is 20.6 Å². The second-order valence-corrected chi connectivity index (χ2v) is 5.12. The molecule has 0 aliphatic heterocycles. The van der Waals surface area contributed by atoms with E-state index >= 15 is 0 Å².